The van der Waals surface area contributed by atoms with Gasteiger partial charge in [0.05, 0.1) is 38.6 Å². The van der Waals surface area contributed by atoms with Crippen LogP contribution in [0.5, 0.6) is 0 Å². The second-order valence-electron chi connectivity index (χ2n) is 4.08. The number of aliphatic hydroxyl groups excluding tert-OH is 2. The first-order valence-corrected chi connectivity index (χ1v) is 6.04. The van der Waals surface area contributed by atoms with Gasteiger partial charge in [-0.05, 0) is 7.05 Å². The van der Waals surface area contributed by atoms with Crippen molar-refractivity contribution in [3.8, 4) is 0 Å². The van der Waals surface area contributed by atoms with Crippen LogP contribution in [0.2, 0.25) is 0 Å². The Morgan fingerprint density at radius 3 is 2.82 bits per heavy atom. The summed E-state index contributed by atoms with van der Waals surface area (Å²) >= 11 is 0. The maximum Gasteiger partial charge on any atom is 0.160 e. The zero-order valence-corrected chi connectivity index (χ0v) is 10.3. The van der Waals surface area contributed by atoms with E-state index in [4.69, 9.17) is 19.3 Å². The number of hydrogen-bond donors (Lipinski definition) is 3. The quantitative estimate of drug-likeness (QED) is 0.484. The Balaban J connectivity index is 2.05. The summed E-state index contributed by atoms with van der Waals surface area (Å²) in [6, 6.07) is 0. The van der Waals surface area contributed by atoms with Gasteiger partial charge in [0.15, 0.2) is 6.29 Å². The van der Waals surface area contributed by atoms with Gasteiger partial charge >= 0.3 is 0 Å². The number of hydrogen-bond acceptors (Lipinski definition) is 6. The van der Waals surface area contributed by atoms with Gasteiger partial charge in [0.1, 0.15) is 0 Å². The van der Waals surface area contributed by atoms with Gasteiger partial charge < -0.3 is 29.7 Å². The molecule has 1 aliphatic heterocycles. The molecule has 3 unspecified atom stereocenters. The fourth-order valence-electron chi connectivity index (χ4n) is 1.69. The van der Waals surface area contributed by atoms with Gasteiger partial charge in [-0.15, -0.1) is 0 Å². The highest BCUT2D eigenvalue weighted by Gasteiger charge is 2.28. The molecule has 0 amide bonds. The normalized spacial score (nSPS) is 29.5. The molecule has 0 bridgehead atoms. The van der Waals surface area contributed by atoms with Crippen molar-refractivity contribution in [3.63, 3.8) is 0 Å². The van der Waals surface area contributed by atoms with Gasteiger partial charge in [-0.3, -0.25) is 0 Å². The summed E-state index contributed by atoms with van der Waals surface area (Å²) in [6.45, 7) is 2.30. The van der Waals surface area contributed by atoms with Crippen molar-refractivity contribution >= 4 is 0 Å². The average molecular weight is 249 g/mol. The minimum Gasteiger partial charge on any atom is -0.394 e. The summed E-state index contributed by atoms with van der Waals surface area (Å²) in [6.07, 6.45) is -0.309. The lowest BCUT2D eigenvalue weighted by Gasteiger charge is -2.31. The van der Waals surface area contributed by atoms with Crippen molar-refractivity contribution in [2.45, 2.75) is 31.3 Å². The number of aliphatic hydroxyl groups is 2. The van der Waals surface area contributed by atoms with Crippen molar-refractivity contribution in [3.05, 3.63) is 0 Å². The minimum absolute atomic E-state index is 0.0877. The highest BCUT2D eigenvalue weighted by molar-refractivity contribution is 4.72. The first-order valence-electron chi connectivity index (χ1n) is 6.04. The van der Waals surface area contributed by atoms with Gasteiger partial charge in [0, 0.05) is 19.4 Å². The molecule has 3 N–H and O–H groups in total. The van der Waals surface area contributed by atoms with E-state index in [0.29, 0.717) is 32.7 Å². The second-order valence-corrected chi connectivity index (χ2v) is 4.08. The van der Waals surface area contributed by atoms with Gasteiger partial charge in [0.25, 0.3) is 0 Å². The molecule has 0 aromatic rings. The van der Waals surface area contributed by atoms with Crippen LogP contribution in [0, 0.1) is 0 Å². The SMILES string of the molecule is CNCCOCCOC1CC(O)CC(CO)O1. The zero-order chi connectivity index (χ0) is 12.5. The third-order valence-electron chi connectivity index (χ3n) is 2.58. The number of likely N-dealkylation sites (N-methyl/N-ethyl adjacent to an activating group) is 1. The number of nitrogens with one attached hydrogen (secondary N) is 1. The lowest BCUT2D eigenvalue weighted by atomic mass is 10.1. The van der Waals surface area contributed by atoms with Gasteiger partial charge in [-0.1, -0.05) is 0 Å². The highest BCUT2D eigenvalue weighted by Crippen LogP contribution is 2.20. The largest absolute Gasteiger partial charge is 0.394 e. The lowest BCUT2D eigenvalue weighted by molar-refractivity contribution is -0.225. The topological polar surface area (TPSA) is 80.2 Å². The predicted octanol–water partition coefficient (Wildman–Crippen LogP) is -0.903. The van der Waals surface area contributed by atoms with Gasteiger partial charge in [-0.2, -0.15) is 0 Å². The first-order chi connectivity index (χ1) is 8.26. The molecule has 17 heavy (non-hydrogen) atoms. The van der Waals surface area contributed by atoms with Crippen LogP contribution in [0.1, 0.15) is 12.8 Å². The molecular formula is C11H23NO5. The molecule has 0 radical (unpaired) electrons. The zero-order valence-electron chi connectivity index (χ0n) is 10.3. The molecule has 0 saturated carbocycles. The maximum atomic E-state index is 9.54. The van der Waals surface area contributed by atoms with Crippen molar-refractivity contribution in [2.75, 3.05) is 40.0 Å². The Kier molecular flexibility index (Phi) is 7.67. The summed E-state index contributed by atoms with van der Waals surface area (Å²) < 4.78 is 16.2. The van der Waals surface area contributed by atoms with Crippen LogP contribution in [-0.2, 0) is 14.2 Å². The molecule has 102 valence electrons. The van der Waals surface area contributed by atoms with Crippen molar-refractivity contribution < 1.29 is 24.4 Å². The first kappa shape index (κ1) is 14.8. The van der Waals surface area contributed by atoms with Gasteiger partial charge in [0.2, 0.25) is 0 Å². The van der Waals surface area contributed by atoms with E-state index in [9.17, 15) is 5.11 Å². The molecule has 0 aromatic heterocycles. The molecule has 6 nitrogen and oxygen atoms in total. The van der Waals surface area contributed by atoms with E-state index in [0.717, 1.165) is 6.54 Å². The summed E-state index contributed by atoms with van der Waals surface area (Å²) in [5, 5.41) is 21.5. The smallest absolute Gasteiger partial charge is 0.160 e. The molecule has 3 atom stereocenters. The van der Waals surface area contributed by atoms with Crippen molar-refractivity contribution in [2.24, 2.45) is 0 Å². The third-order valence-corrected chi connectivity index (χ3v) is 2.58. The minimum atomic E-state index is -0.462. The van der Waals surface area contributed by atoms with Crippen LogP contribution < -0.4 is 5.32 Å². The second kappa shape index (κ2) is 8.79. The summed E-state index contributed by atoms with van der Waals surface area (Å²) in [7, 11) is 1.87. The van der Waals surface area contributed by atoms with E-state index < -0.39 is 12.4 Å². The molecule has 1 heterocycles. The van der Waals surface area contributed by atoms with Crippen LogP contribution >= 0.6 is 0 Å². The highest BCUT2D eigenvalue weighted by atomic mass is 16.7. The Labute approximate surface area is 102 Å². The molecule has 0 aliphatic carbocycles. The number of rotatable bonds is 8. The standard InChI is InChI=1S/C11H23NO5/c1-12-2-3-15-4-5-16-11-7-9(14)6-10(8-13)17-11/h9-14H,2-8H2,1H3. The Morgan fingerprint density at radius 2 is 2.12 bits per heavy atom. The fourth-order valence-corrected chi connectivity index (χ4v) is 1.69. The van der Waals surface area contributed by atoms with E-state index >= 15 is 0 Å². The van der Waals surface area contributed by atoms with E-state index in [1.165, 1.54) is 0 Å². The van der Waals surface area contributed by atoms with Crippen molar-refractivity contribution in [1.82, 2.24) is 5.32 Å². The molecule has 1 aliphatic rings. The fraction of sp³-hybridized carbons (Fsp3) is 1.00. The van der Waals surface area contributed by atoms with Gasteiger partial charge in [-0.25, -0.2) is 0 Å². The summed E-state index contributed by atoms with van der Waals surface area (Å²) in [4.78, 5) is 0. The summed E-state index contributed by atoms with van der Waals surface area (Å²) in [5.41, 5.74) is 0. The van der Waals surface area contributed by atoms with Crippen LogP contribution in [0.15, 0.2) is 0 Å². The molecule has 0 spiro atoms. The van der Waals surface area contributed by atoms with E-state index in [-0.39, 0.29) is 12.7 Å². The van der Waals surface area contributed by atoms with Crippen molar-refractivity contribution in [1.29, 1.82) is 0 Å². The van der Waals surface area contributed by atoms with Crippen LogP contribution in [0.25, 0.3) is 0 Å². The monoisotopic (exact) mass is 249 g/mol. The molecule has 1 saturated heterocycles. The Morgan fingerprint density at radius 1 is 1.29 bits per heavy atom. The lowest BCUT2D eigenvalue weighted by Crippen LogP contribution is -2.39. The van der Waals surface area contributed by atoms with Crippen LogP contribution in [-0.4, -0.2) is 68.7 Å². The Bertz CT molecular complexity index is 193. The maximum absolute atomic E-state index is 9.54. The number of ether oxygens (including phenoxy) is 3. The third kappa shape index (κ3) is 6.30. The molecule has 1 fully saturated rings. The van der Waals surface area contributed by atoms with Crippen LogP contribution in [0.4, 0.5) is 0 Å². The summed E-state index contributed by atoms with van der Waals surface area (Å²) in [5.74, 6) is 0. The average Bonchev–Trinajstić information content (AvgIpc) is 2.33. The van der Waals surface area contributed by atoms with Crippen LogP contribution in [0.3, 0.4) is 0 Å². The van der Waals surface area contributed by atoms with E-state index in [1.807, 2.05) is 7.05 Å². The van der Waals surface area contributed by atoms with E-state index in [1.54, 1.807) is 0 Å². The molecule has 1 rings (SSSR count). The van der Waals surface area contributed by atoms with E-state index in [2.05, 4.69) is 5.32 Å². The predicted molar refractivity (Wildman–Crippen MR) is 61.7 cm³/mol. The molecule has 0 aromatic carbocycles. The Hall–Kier alpha value is -0.240. The molecule has 6 heteroatoms. The molecular weight excluding hydrogens is 226 g/mol.